The molecule has 5 heteroatoms. The smallest absolute Gasteiger partial charge is 0.138 e. The second kappa shape index (κ2) is 9.15. The number of hydrogen-bond acceptors (Lipinski definition) is 4. The first kappa shape index (κ1) is 16.4. The molecule has 0 aromatic carbocycles. The molecule has 1 fully saturated rings. The molecule has 2 unspecified atom stereocenters. The lowest BCUT2D eigenvalue weighted by atomic mass is 9.99. The molecule has 1 saturated heterocycles. The first-order chi connectivity index (χ1) is 10.3. The molecule has 5 nitrogen and oxygen atoms in total. The summed E-state index contributed by atoms with van der Waals surface area (Å²) < 4.78 is 7.95. The molecule has 2 heterocycles. The lowest BCUT2D eigenvalue weighted by Crippen LogP contribution is -2.37. The van der Waals surface area contributed by atoms with Gasteiger partial charge in [0, 0.05) is 25.6 Å². The summed E-state index contributed by atoms with van der Waals surface area (Å²) in [6.45, 7) is 7.32. The predicted octanol–water partition coefficient (Wildman–Crippen LogP) is 2.56. The van der Waals surface area contributed by atoms with Gasteiger partial charge in [-0.3, -0.25) is 4.68 Å². The van der Waals surface area contributed by atoms with Crippen LogP contribution in [-0.2, 0) is 17.7 Å². The van der Waals surface area contributed by atoms with E-state index >= 15 is 0 Å². The Morgan fingerprint density at radius 3 is 3.00 bits per heavy atom. The minimum absolute atomic E-state index is 0.413. The Labute approximate surface area is 128 Å². The molecule has 0 bridgehead atoms. The van der Waals surface area contributed by atoms with Gasteiger partial charge < -0.3 is 10.1 Å². The first-order valence-electron chi connectivity index (χ1n) is 8.55. The molecule has 1 N–H and O–H groups in total. The van der Waals surface area contributed by atoms with Crippen LogP contribution >= 0.6 is 0 Å². The van der Waals surface area contributed by atoms with E-state index in [1.54, 1.807) is 6.33 Å². The zero-order valence-electron chi connectivity index (χ0n) is 13.6. The predicted molar refractivity (Wildman–Crippen MR) is 84.3 cm³/mol. The molecule has 0 amide bonds. The first-order valence-corrected chi connectivity index (χ1v) is 8.55. The highest BCUT2D eigenvalue weighted by atomic mass is 16.5. The van der Waals surface area contributed by atoms with E-state index in [4.69, 9.17) is 4.74 Å². The van der Waals surface area contributed by atoms with Gasteiger partial charge in [0.05, 0.1) is 6.10 Å². The van der Waals surface area contributed by atoms with Crippen molar-refractivity contribution in [3.05, 3.63) is 12.2 Å². The SMILES string of the molecule is CCCNC(Cc1ncnn1CCC)CC1CCCCO1. The number of rotatable bonds is 9. The Kier molecular flexibility index (Phi) is 7.16. The van der Waals surface area contributed by atoms with Gasteiger partial charge in [-0.05, 0) is 45.1 Å². The monoisotopic (exact) mass is 294 g/mol. The number of ether oxygens (including phenoxy) is 1. The van der Waals surface area contributed by atoms with Crippen molar-refractivity contribution in [1.29, 1.82) is 0 Å². The van der Waals surface area contributed by atoms with Crippen molar-refractivity contribution >= 4 is 0 Å². The molecule has 120 valence electrons. The summed E-state index contributed by atoms with van der Waals surface area (Å²) >= 11 is 0. The van der Waals surface area contributed by atoms with Gasteiger partial charge in [0.1, 0.15) is 12.2 Å². The molecule has 0 saturated carbocycles. The van der Waals surface area contributed by atoms with E-state index in [2.05, 4.69) is 29.2 Å². The summed E-state index contributed by atoms with van der Waals surface area (Å²) in [4.78, 5) is 4.45. The molecule has 1 aromatic heterocycles. The van der Waals surface area contributed by atoms with Crippen LogP contribution in [-0.4, -0.2) is 40.1 Å². The fourth-order valence-electron chi connectivity index (χ4n) is 2.96. The highest BCUT2D eigenvalue weighted by Crippen LogP contribution is 2.18. The van der Waals surface area contributed by atoms with Gasteiger partial charge in [-0.15, -0.1) is 0 Å². The van der Waals surface area contributed by atoms with Crippen LogP contribution in [0.3, 0.4) is 0 Å². The third kappa shape index (κ3) is 5.40. The summed E-state index contributed by atoms with van der Waals surface area (Å²) in [6, 6.07) is 0.438. The van der Waals surface area contributed by atoms with E-state index in [-0.39, 0.29) is 0 Å². The Balaban J connectivity index is 1.92. The molecule has 0 aliphatic carbocycles. The van der Waals surface area contributed by atoms with E-state index in [1.807, 2.05) is 4.68 Å². The maximum atomic E-state index is 5.90. The summed E-state index contributed by atoms with van der Waals surface area (Å²) in [5.74, 6) is 1.10. The minimum atomic E-state index is 0.413. The van der Waals surface area contributed by atoms with Gasteiger partial charge in [-0.25, -0.2) is 4.98 Å². The van der Waals surface area contributed by atoms with Gasteiger partial charge >= 0.3 is 0 Å². The van der Waals surface area contributed by atoms with Crippen LogP contribution in [0.25, 0.3) is 0 Å². The molecule has 0 radical (unpaired) electrons. The van der Waals surface area contributed by atoms with Crippen molar-refractivity contribution in [2.45, 2.75) is 77.5 Å². The second-order valence-corrected chi connectivity index (χ2v) is 5.98. The van der Waals surface area contributed by atoms with Crippen molar-refractivity contribution in [3.63, 3.8) is 0 Å². The highest BCUT2D eigenvalue weighted by molar-refractivity contribution is 4.91. The Bertz CT molecular complexity index is 387. The van der Waals surface area contributed by atoms with Crippen molar-refractivity contribution in [1.82, 2.24) is 20.1 Å². The van der Waals surface area contributed by atoms with Gasteiger partial charge in [0.2, 0.25) is 0 Å². The zero-order chi connectivity index (χ0) is 14.9. The number of aromatic nitrogens is 3. The van der Waals surface area contributed by atoms with Crippen LogP contribution in [0.1, 0.15) is 58.2 Å². The van der Waals surface area contributed by atoms with Crippen molar-refractivity contribution in [2.75, 3.05) is 13.2 Å². The van der Waals surface area contributed by atoms with Crippen LogP contribution in [0.4, 0.5) is 0 Å². The molecule has 2 rings (SSSR count). The van der Waals surface area contributed by atoms with Crippen molar-refractivity contribution < 1.29 is 4.74 Å². The summed E-state index contributed by atoms with van der Waals surface area (Å²) in [6.07, 6.45) is 10.1. The molecule has 0 spiro atoms. The maximum absolute atomic E-state index is 5.90. The highest BCUT2D eigenvalue weighted by Gasteiger charge is 2.21. The van der Waals surface area contributed by atoms with Gasteiger partial charge in [0.25, 0.3) is 0 Å². The quantitative estimate of drug-likeness (QED) is 0.760. The lowest BCUT2D eigenvalue weighted by molar-refractivity contribution is 0.00510. The van der Waals surface area contributed by atoms with E-state index in [9.17, 15) is 0 Å². The van der Waals surface area contributed by atoms with Gasteiger partial charge in [0.15, 0.2) is 0 Å². The van der Waals surface area contributed by atoms with Crippen LogP contribution in [0, 0.1) is 0 Å². The normalized spacial score (nSPS) is 20.6. The largest absolute Gasteiger partial charge is 0.378 e. The van der Waals surface area contributed by atoms with E-state index in [1.165, 1.54) is 19.3 Å². The summed E-state index contributed by atoms with van der Waals surface area (Å²) in [7, 11) is 0. The molecule has 2 atom stereocenters. The molecule has 1 aliphatic heterocycles. The fourth-order valence-corrected chi connectivity index (χ4v) is 2.96. The average molecular weight is 294 g/mol. The fraction of sp³-hybridized carbons (Fsp3) is 0.875. The summed E-state index contributed by atoms with van der Waals surface area (Å²) in [5, 5.41) is 8.00. The van der Waals surface area contributed by atoms with Gasteiger partial charge in [-0.1, -0.05) is 13.8 Å². The Morgan fingerprint density at radius 1 is 1.38 bits per heavy atom. The number of nitrogens with one attached hydrogen (secondary N) is 1. The Morgan fingerprint density at radius 2 is 2.29 bits per heavy atom. The van der Waals surface area contributed by atoms with Crippen LogP contribution in [0.5, 0.6) is 0 Å². The molecular weight excluding hydrogens is 264 g/mol. The Hall–Kier alpha value is -0.940. The van der Waals surface area contributed by atoms with Crippen LogP contribution < -0.4 is 5.32 Å². The zero-order valence-corrected chi connectivity index (χ0v) is 13.6. The molecule has 1 aliphatic rings. The molecular formula is C16H30N4O. The van der Waals surface area contributed by atoms with Crippen molar-refractivity contribution in [2.24, 2.45) is 0 Å². The topological polar surface area (TPSA) is 52.0 Å². The lowest BCUT2D eigenvalue weighted by Gasteiger charge is -2.27. The molecule has 1 aromatic rings. The average Bonchev–Trinajstić information content (AvgIpc) is 2.93. The third-order valence-electron chi connectivity index (χ3n) is 4.06. The number of nitrogens with zero attached hydrogens (tertiary/aromatic N) is 3. The maximum Gasteiger partial charge on any atom is 0.138 e. The van der Waals surface area contributed by atoms with E-state index in [0.717, 1.165) is 51.2 Å². The molecule has 21 heavy (non-hydrogen) atoms. The van der Waals surface area contributed by atoms with E-state index in [0.29, 0.717) is 12.1 Å². The van der Waals surface area contributed by atoms with E-state index < -0.39 is 0 Å². The van der Waals surface area contributed by atoms with Crippen LogP contribution in [0.15, 0.2) is 6.33 Å². The number of aryl methyl sites for hydroxylation is 1. The standard InChI is InChI=1S/C16H30N4O/c1-3-8-17-14(11-15-7-5-6-10-21-15)12-16-18-13-19-20(16)9-4-2/h13-15,17H,3-12H2,1-2H3. The summed E-state index contributed by atoms with van der Waals surface area (Å²) in [5.41, 5.74) is 0. The van der Waals surface area contributed by atoms with Crippen molar-refractivity contribution in [3.8, 4) is 0 Å². The second-order valence-electron chi connectivity index (χ2n) is 5.98. The number of hydrogen-bond donors (Lipinski definition) is 1. The van der Waals surface area contributed by atoms with Crippen LogP contribution in [0.2, 0.25) is 0 Å². The van der Waals surface area contributed by atoms with Gasteiger partial charge in [-0.2, -0.15) is 5.10 Å². The minimum Gasteiger partial charge on any atom is -0.378 e. The third-order valence-corrected chi connectivity index (χ3v) is 4.06.